The van der Waals surface area contributed by atoms with Crippen molar-refractivity contribution in [2.24, 2.45) is 0 Å². The highest BCUT2D eigenvalue weighted by atomic mass is 35.5. The summed E-state index contributed by atoms with van der Waals surface area (Å²) >= 11 is 7.28. The zero-order chi connectivity index (χ0) is 14.1. The van der Waals surface area contributed by atoms with Gasteiger partial charge in [0.2, 0.25) is 0 Å². The van der Waals surface area contributed by atoms with E-state index >= 15 is 0 Å². The van der Waals surface area contributed by atoms with Crippen LogP contribution in [0.3, 0.4) is 0 Å². The van der Waals surface area contributed by atoms with Crippen LogP contribution in [0.4, 0.5) is 10.1 Å². The number of rotatable bonds is 2. The number of nitrogens with zero attached hydrogens (tertiary/aromatic N) is 1. The van der Waals surface area contributed by atoms with Gasteiger partial charge < -0.3 is 5.73 Å². The van der Waals surface area contributed by atoms with Crippen LogP contribution in [0.5, 0.6) is 0 Å². The van der Waals surface area contributed by atoms with Gasteiger partial charge in [-0.15, -0.1) is 11.3 Å². The Morgan fingerprint density at radius 3 is 2.70 bits per heavy atom. The summed E-state index contributed by atoms with van der Waals surface area (Å²) in [5.74, 6) is -0.428. The van der Waals surface area contributed by atoms with Crippen LogP contribution in [0, 0.1) is 5.82 Å². The summed E-state index contributed by atoms with van der Waals surface area (Å²) in [5.41, 5.74) is 9.07. The number of halogens is 2. The van der Waals surface area contributed by atoms with Crippen LogP contribution in [-0.2, 0) is 0 Å². The molecule has 0 saturated carbocycles. The van der Waals surface area contributed by atoms with Crippen molar-refractivity contribution in [3.63, 3.8) is 0 Å². The van der Waals surface area contributed by atoms with E-state index in [1.54, 1.807) is 12.1 Å². The molecular formula is C15H10ClFN2S. The van der Waals surface area contributed by atoms with Crippen molar-refractivity contribution < 1.29 is 4.39 Å². The molecule has 0 amide bonds. The van der Waals surface area contributed by atoms with E-state index in [9.17, 15) is 4.39 Å². The fourth-order valence-electron chi connectivity index (χ4n) is 1.87. The number of benzene rings is 2. The van der Waals surface area contributed by atoms with Crippen molar-refractivity contribution in [1.82, 2.24) is 4.98 Å². The molecule has 0 saturated heterocycles. The van der Waals surface area contributed by atoms with E-state index in [1.807, 2.05) is 29.6 Å². The molecule has 0 bridgehead atoms. The third kappa shape index (κ3) is 2.53. The quantitative estimate of drug-likeness (QED) is 0.687. The van der Waals surface area contributed by atoms with Gasteiger partial charge in [0.25, 0.3) is 0 Å². The van der Waals surface area contributed by atoms with Gasteiger partial charge in [-0.1, -0.05) is 23.7 Å². The first-order chi connectivity index (χ1) is 9.63. The SMILES string of the molecule is Nc1cccc(-c2csc(-c3ccc(F)c(Cl)c3)n2)c1. The monoisotopic (exact) mass is 304 g/mol. The largest absolute Gasteiger partial charge is 0.399 e. The predicted octanol–water partition coefficient (Wildman–Crippen LogP) is 4.85. The highest BCUT2D eigenvalue weighted by Crippen LogP contribution is 2.31. The second-order valence-corrected chi connectivity index (χ2v) is 5.56. The fourth-order valence-corrected chi connectivity index (χ4v) is 2.87. The number of hydrogen-bond acceptors (Lipinski definition) is 3. The molecule has 2 aromatic carbocycles. The molecule has 0 aliphatic heterocycles. The van der Waals surface area contributed by atoms with E-state index in [2.05, 4.69) is 4.98 Å². The molecule has 0 aliphatic rings. The number of nitrogens with two attached hydrogens (primary N) is 1. The lowest BCUT2D eigenvalue weighted by molar-refractivity contribution is 0.628. The average molecular weight is 305 g/mol. The molecule has 0 fully saturated rings. The highest BCUT2D eigenvalue weighted by Gasteiger charge is 2.09. The third-order valence-electron chi connectivity index (χ3n) is 2.85. The van der Waals surface area contributed by atoms with Crippen molar-refractivity contribution in [2.75, 3.05) is 5.73 Å². The molecule has 2 N–H and O–H groups in total. The molecule has 100 valence electrons. The lowest BCUT2D eigenvalue weighted by Gasteiger charge is -1.99. The maximum Gasteiger partial charge on any atom is 0.141 e. The lowest BCUT2D eigenvalue weighted by atomic mass is 10.1. The number of thiazole rings is 1. The van der Waals surface area contributed by atoms with Crippen molar-refractivity contribution in [2.45, 2.75) is 0 Å². The summed E-state index contributed by atoms with van der Waals surface area (Å²) < 4.78 is 13.2. The van der Waals surface area contributed by atoms with Gasteiger partial charge in [-0.05, 0) is 30.3 Å². The van der Waals surface area contributed by atoms with Crippen molar-refractivity contribution in [3.05, 3.63) is 58.7 Å². The molecule has 0 radical (unpaired) electrons. The molecular weight excluding hydrogens is 295 g/mol. The van der Waals surface area contributed by atoms with E-state index in [0.717, 1.165) is 21.8 Å². The van der Waals surface area contributed by atoms with Crippen LogP contribution in [-0.4, -0.2) is 4.98 Å². The molecule has 3 aromatic rings. The van der Waals surface area contributed by atoms with Crippen LogP contribution in [0.25, 0.3) is 21.8 Å². The molecule has 1 heterocycles. The van der Waals surface area contributed by atoms with Gasteiger partial charge >= 0.3 is 0 Å². The second-order valence-electron chi connectivity index (χ2n) is 4.29. The van der Waals surface area contributed by atoms with Crippen molar-refractivity contribution in [1.29, 1.82) is 0 Å². The first-order valence-corrected chi connectivity index (χ1v) is 7.16. The van der Waals surface area contributed by atoms with Gasteiger partial charge in [0.1, 0.15) is 10.8 Å². The predicted molar refractivity (Wildman–Crippen MR) is 82.4 cm³/mol. The molecule has 0 spiro atoms. The average Bonchev–Trinajstić information content (AvgIpc) is 2.92. The van der Waals surface area contributed by atoms with Crippen LogP contribution in [0.15, 0.2) is 47.8 Å². The van der Waals surface area contributed by atoms with E-state index in [0.29, 0.717) is 5.69 Å². The smallest absolute Gasteiger partial charge is 0.141 e. The topological polar surface area (TPSA) is 38.9 Å². The van der Waals surface area contributed by atoms with E-state index in [4.69, 9.17) is 17.3 Å². The van der Waals surface area contributed by atoms with Crippen LogP contribution < -0.4 is 5.73 Å². The Kier molecular flexibility index (Phi) is 3.42. The minimum absolute atomic E-state index is 0.100. The number of aromatic nitrogens is 1. The summed E-state index contributed by atoms with van der Waals surface area (Å²) in [6, 6.07) is 12.1. The normalized spacial score (nSPS) is 10.7. The first-order valence-electron chi connectivity index (χ1n) is 5.90. The summed E-state index contributed by atoms with van der Waals surface area (Å²) in [5, 5.41) is 2.84. The minimum Gasteiger partial charge on any atom is -0.399 e. The van der Waals surface area contributed by atoms with Crippen LogP contribution in [0.1, 0.15) is 0 Å². The third-order valence-corrected chi connectivity index (χ3v) is 4.03. The van der Waals surface area contributed by atoms with E-state index in [-0.39, 0.29) is 5.02 Å². The number of anilines is 1. The molecule has 0 unspecified atom stereocenters. The lowest BCUT2D eigenvalue weighted by Crippen LogP contribution is -1.85. The van der Waals surface area contributed by atoms with Crippen LogP contribution >= 0.6 is 22.9 Å². The maximum atomic E-state index is 13.2. The molecule has 1 aromatic heterocycles. The molecule has 3 rings (SSSR count). The van der Waals surface area contributed by atoms with Crippen molar-refractivity contribution >= 4 is 28.6 Å². The summed E-state index contributed by atoms with van der Waals surface area (Å²) in [6.45, 7) is 0. The molecule has 0 aliphatic carbocycles. The zero-order valence-corrected chi connectivity index (χ0v) is 11.9. The molecule has 20 heavy (non-hydrogen) atoms. The Labute approximate surface area is 124 Å². The van der Waals surface area contributed by atoms with Gasteiger partial charge in [0.15, 0.2) is 0 Å². The first kappa shape index (κ1) is 13.1. The fraction of sp³-hybridized carbons (Fsp3) is 0. The Hall–Kier alpha value is -1.91. The van der Waals surface area contributed by atoms with Gasteiger partial charge in [0.05, 0.1) is 10.7 Å². The molecule has 5 heteroatoms. The van der Waals surface area contributed by atoms with E-state index < -0.39 is 5.82 Å². The summed E-state index contributed by atoms with van der Waals surface area (Å²) in [7, 11) is 0. The molecule has 2 nitrogen and oxygen atoms in total. The zero-order valence-electron chi connectivity index (χ0n) is 10.3. The maximum absolute atomic E-state index is 13.2. The van der Waals surface area contributed by atoms with Gasteiger partial charge in [0, 0.05) is 22.2 Å². The van der Waals surface area contributed by atoms with Crippen LogP contribution in [0.2, 0.25) is 5.02 Å². The Morgan fingerprint density at radius 2 is 1.95 bits per heavy atom. The Morgan fingerprint density at radius 1 is 1.10 bits per heavy atom. The highest BCUT2D eigenvalue weighted by molar-refractivity contribution is 7.13. The van der Waals surface area contributed by atoms with Gasteiger partial charge in [-0.3, -0.25) is 0 Å². The summed E-state index contributed by atoms with van der Waals surface area (Å²) in [4.78, 5) is 4.54. The Bertz CT molecular complexity index is 770. The van der Waals surface area contributed by atoms with Gasteiger partial charge in [-0.2, -0.15) is 0 Å². The second kappa shape index (κ2) is 5.23. The van der Waals surface area contributed by atoms with Crippen molar-refractivity contribution in [3.8, 4) is 21.8 Å². The number of nitrogen functional groups attached to an aromatic ring is 1. The minimum atomic E-state index is -0.428. The standard InChI is InChI=1S/C15H10ClFN2S/c16-12-7-10(4-5-13(12)17)15-19-14(8-20-15)9-2-1-3-11(18)6-9/h1-8H,18H2. The molecule has 0 atom stereocenters. The number of hydrogen-bond donors (Lipinski definition) is 1. The van der Waals surface area contributed by atoms with Gasteiger partial charge in [-0.25, -0.2) is 9.37 Å². The Balaban J connectivity index is 1.99. The van der Waals surface area contributed by atoms with E-state index in [1.165, 1.54) is 17.4 Å². The summed E-state index contributed by atoms with van der Waals surface area (Å²) in [6.07, 6.45) is 0.